The number of alkyl carbamates (subject to hydrolysis) is 1. The number of imidazole rings is 2. The molecule has 0 spiro atoms. The van der Waals surface area contributed by atoms with E-state index >= 15 is 4.39 Å². The first kappa shape index (κ1) is 37.9. The highest BCUT2D eigenvalue weighted by atomic mass is 32.1. The fourth-order valence-electron chi connectivity index (χ4n) is 8.35. The lowest BCUT2D eigenvalue weighted by molar-refractivity contribution is -0.135. The predicted molar refractivity (Wildman–Crippen MR) is 208 cm³/mol. The standard InChI is InChI=1S/C41H40F4N8O4S/c1-20(2)35(51-40(55)56-3)38(54)52-13-5-7-29(52)37-48-19-27(50-37)22-15-24(42)34-30-16-23-14-21(26-18-47-36(49-26)25-6-4-12-46-25)8-9-28(23)53(30)39(57-31(34)17-22)32-10-11-33(58-32)41(43,44)45/h8-11,14-20,25,29,35,39,46H,4-7,12-13H2,1-3H3,(H,47,49)(H,48,50)(H,51,55). The third-order valence-electron chi connectivity index (χ3n) is 11.2. The number of carbonyl (C=O) groups is 2. The number of aromatic nitrogens is 5. The first-order valence-electron chi connectivity index (χ1n) is 19.2. The number of likely N-dealkylation sites (tertiary alicyclic amines) is 1. The molecule has 4 aromatic heterocycles. The Labute approximate surface area is 334 Å². The number of hydrogen-bond donors (Lipinski definition) is 4. The second-order valence-corrected chi connectivity index (χ2v) is 16.4. The van der Waals surface area contributed by atoms with Crippen molar-refractivity contribution in [3.05, 3.63) is 88.1 Å². The molecular formula is C41H40F4N8O4S. The van der Waals surface area contributed by atoms with E-state index in [4.69, 9.17) is 9.47 Å². The van der Waals surface area contributed by atoms with E-state index in [1.54, 1.807) is 27.9 Å². The highest BCUT2D eigenvalue weighted by Gasteiger charge is 2.39. The van der Waals surface area contributed by atoms with Gasteiger partial charge in [0.05, 0.1) is 64.6 Å². The molecule has 4 unspecified atom stereocenters. The van der Waals surface area contributed by atoms with Crippen LogP contribution in [0.5, 0.6) is 5.75 Å². The minimum absolute atomic E-state index is 0.155. The quantitative estimate of drug-likeness (QED) is 0.113. The highest BCUT2D eigenvalue weighted by molar-refractivity contribution is 7.12. The minimum Gasteiger partial charge on any atom is -0.464 e. The van der Waals surface area contributed by atoms with E-state index in [-0.39, 0.29) is 29.2 Å². The molecule has 0 bridgehead atoms. The summed E-state index contributed by atoms with van der Waals surface area (Å²) in [6.45, 7) is 5.06. The fourth-order valence-corrected chi connectivity index (χ4v) is 9.24. The maximum absolute atomic E-state index is 16.6. The van der Waals surface area contributed by atoms with Gasteiger partial charge in [0.25, 0.3) is 0 Å². The van der Waals surface area contributed by atoms with Gasteiger partial charge in [0.15, 0.2) is 0 Å². The summed E-state index contributed by atoms with van der Waals surface area (Å²) < 4.78 is 71.2. The van der Waals surface area contributed by atoms with E-state index in [1.165, 1.54) is 19.2 Å². The maximum atomic E-state index is 16.6. The molecule has 7 heterocycles. The number of amides is 2. The zero-order valence-electron chi connectivity index (χ0n) is 31.7. The van der Waals surface area contributed by atoms with Gasteiger partial charge >= 0.3 is 12.3 Å². The SMILES string of the molecule is COC(=O)NC(C(=O)N1CCCC1c1ncc(-c2cc(F)c3c(c2)OC(c2ccc(C(F)(F)F)s2)n2c-3cc3cc(-c4cnc(C5CCCN5)[nH]4)ccc32)[nH]1)C(C)C. The summed E-state index contributed by atoms with van der Waals surface area (Å²) in [5, 5.41) is 6.83. The number of H-pyrrole nitrogens is 2. The molecule has 2 amide bonds. The third-order valence-corrected chi connectivity index (χ3v) is 12.4. The monoisotopic (exact) mass is 816 g/mol. The number of nitrogens with one attached hydrogen (secondary N) is 4. The van der Waals surface area contributed by atoms with E-state index < -0.39 is 41.3 Å². The summed E-state index contributed by atoms with van der Waals surface area (Å²) in [6.07, 6.45) is 0.460. The number of halogens is 4. The Bertz CT molecular complexity index is 2530. The van der Waals surface area contributed by atoms with Gasteiger partial charge in [-0.3, -0.25) is 9.36 Å². The average Bonchev–Trinajstić information content (AvgIpc) is 4.05. The fraction of sp³-hybridized carbons (Fsp3) is 0.366. The van der Waals surface area contributed by atoms with Crippen molar-refractivity contribution < 1.29 is 36.6 Å². The van der Waals surface area contributed by atoms with Crippen LogP contribution in [0.1, 0.15) is 79.2 Å². The third kappa shape index (κ3) is 6.68. The number of aromatic amines is 2. The van der Waals surface area contributed by atoms with Crippen molar-refractivity contribution in [2.75, 3.05) is 20.2 Å². The Hall–Kier alpha value is -5.68. The van der Waals surface area contributed by atoms with E-state index in [9.17, 15) is 22.8 Å². The number of carbonyl (C=O) groups excluding carboxylic acids is 2. The van der Waals surface area contributed by atoms with Gasteiger partial charge in [0.2, 0.25) is 12.1 Å². The van der Waals surface area contributed by atoms with Crippen molar-refractivity contribution in [1.82, 2.24) is 40.0 Å². The molecule has 3 aliphatic rings. The van der Waals surface area contributed by atoms with Crippen LogP contribution in [0.2, 0.25) is 0 Å². The van der Waals surface area contributed by atoms with E-state index in [2.05, 4.69) is 30.6 Å². The number of benzene rings is 2. The molecule has 58 heavy (non-hydrogen) atoms. The number of nitrogens with zero attached hydrogens (tertiary/aromatic N) is 4. The van der Waals surface area contributed by atoms with Crippen molar-refractivity contribution >= 4 is 34.2 Å². The summed E-state index contributed by atoms with van der Waals surface area (Å²) in [5.74, 6) is 0.440. The second-order valence-electron chi connectivity index (χ2n) is 15.2. The Balaban J connectivity index is 1.08. The Morgan fingerprint density at radius 2 is 1.76 bits per heavy atom. The average molecular weight is 817 g/mol. The summed E-state index contributed by atoms with van der Waals surface area (Å²) in [5.41, 5.74) is 3.82. The summed E-state index contributed by atoms with van der Waals surface area (Å²) >= 11 is 0.582. The summed E-state index contributed by atoms with van der Waals surface area (Å²) in [6, 6.07) is 12.0. The molecular weight excluding hydrogens is 777 g/mol. The Morgan fingerprint density at radius 1 is 0.983 bits per heavy atom. The number of fused-ring (bicyclic) bond motifs is 5. The van der Waals surface area contributed by atoms with Crippen LogP contribution in [0, 0.1) is 11.7 Å². The van der Waals surface area contributed by atoms with Crippen molar-refractivity contribution in [2.45, 2.75) is 70.1 Å². The molecule has 3 aliphatic heterocycles. The normalized spacial score (nSPS) is 19.7. The molecule has 4 N–H and O–H groups in total. The zero-order chi connectivity index (χ0) is 40.5. The molecule has 2 aromatic carbocycles. The van der Waals surface area contributed by atoms with E-state index in [0.29, 0.717) is 63.9 Å². The van der Waals surface area contributed by atoms with Crippen LogP contribution in [0.3, 0.4) is 0 Å². The van der Waals surface area contributed by atoms with Crippen LogP contribution in [-0.4, -0.2) is 67.6 Å². The van der Waals surface area contributed by atoms with Crippen LogP contribution in [0.25, 0.3) is 44.7 Å². The Kier molecular flexibility index (Phi) is 9.54. The number of methoxy groups -OCH3 is 1. The van der Waals surface area contributed by atoms with Gasteiger partial charge in [-0.15, -0.1) is 11.3 Å². The summed E-state index contributed by atoms with van der Waals surface area (Å²) in [4.78, 5) is 42.8. The van der Waals surface area contributed by atoms with Gasteiger partial charge in [0.1, 0.15) is 34.1 Å². The van der Waals surface area contributed by atoms with Gasteiger partial charge in [-0.05, 0) is 80.6 Å². The molecule has 302 valence electrons. The number of alkyl halides is 3. The van der Waals surface area contributed by atoms with Crippen LogP contribution in [0.4, 0.5) is 22.4 Å². The maximum Gasteiger partial charge on any atom is 0.425 e. The first-order chi connectivity index (χ1) is 27.9. The number of ether oxygens (including phenoxy) is 2. The molecule has 0 radical (unpaired) electrons. The molecule has 0 aliphatic carbocycles. The molecule has 0 saturated carbocycles. The van der Waals surface area contributed by atoms with Crippen LogP contribution in [0.15, 0.2) is 60.9 Å². The van der Waals surface area contributed by atoms with Crippen molar-refractivity contribution in [2.24, 2.45) is 5.92 Å². The number of rotatable bonds is 8. The van der Waals surface area contributed by atoms with Gasteiger partial charge in [-0.2, -0.15) is 13.2 Å². The zero-order valence-corrected chi connectivity index (χ0v) is 32.6. The molecule has 4 atom stereocenters. The van der Waals surface area contributed by atoms with Gasteiger partial charge < -0.3 is 35.0 Å². The van der Waals surface area contributed by atoms with Crippen LogP contribution >= 0.6 is 11.3 Å². The molecule has 17 heteroatoms. The lowest BCUT2D eigenvalue weighted by Crippen LogP contribution is -2.51. The topological polar surface area (TPSA) is 142 Å². The van der Waals surface area contributed by atoms with Gasteiger partial charge in [0, 0.05) is 23.1 Å². The van der Waals surface area contributed by atoms with Crippen molar-refractivity contribution in [3.63, 3.8) is 0 Å². The lowest BCUT2D eigenvalue weighted by atomic mass is 10.0. The van der Waals surface area contributed by atoms with E-state index in [1.807, 2.05) is 38.1 Å². The molecule has 6 aromatic rings. The predicted octanol–water partition coefficient (Wildman–Crippen LogP) is 8.72. The van der Waals surface area contributed by atoms with E-state index in [0.717, 1.165) is 47.9 Å². The van der Waals surface area contributed by atoms with Gasteiger partial charge in [-0.25, -0.2) is 19.2 Å². The molecule has 2 saturated heterocycles. The van der Waals surface area contributed by atoms with Gasteiger partial charge in [-0.1, -0.05) is 19.9 Å². The minimum atomic E-state index is -4.55. The van der Waals surface area contributed by atoms with Crippen LogP contribution in [-0.2, 0) is 15.7 Å². The molecule has 9 rings (SSSR count). The summed E-state index contributed by atoms with van der Waals surface area (Å²) in [7, 11) is 1.24. The molecule has 12 nitrogen and oxygen atoms in total. The number of thiophene rings is 1. The lowest BCUT2D eigenvalue weighted by Gasteiger charge is -2.30. The highest BCUT2D eigenvalue weighted by Crippen LogP contribution is 2.49. The molecule has 2 fully saturated rings. The number of hydrogen-bond acceptors (Lipinski definition) is 8. The smallest absolute Gasteiger partial charge is 0.425 e. The second kappa shape index (κ2) is 14.6. The van der Waals surface area contributed by atoms with Crippen molar-refractivity contribution in [1.29, 1.82) is 0 Å². The largest absolute Gasteiger partial charge is 0.464 e. The first-order valence-corrected chi connectivity index (χ1v) is 20.0. The van der Waals surface area contributed by atoms with Crippen LogP contribution < -0.4 is 15.4 Å². The van der Waals surface area contributed by atoms with Crippen molar-refractivity contribution in [3.8, 4) is 39.5 Å². The Morgan fingerprint density at radius 3 is 2.48 bits per heavy atom.